The van der Waals surface area contributed by atoms with Gasteiger partial charge in [0.25, 0.3) is 0 Å². The number of carbonyl (C=O) groups is 2. The van der Waals surface area contributed by atoms with Crippen molar-refractivity contribution in [3.8, 4) is 0 Å². The molecule has 0 aromatic carbocycles. The lowest BCUT2D eigenvalue weighted by molar-refractivity contribution is -0.140. The number of hydrogen-bond acceptors (Lipinski definition) is 8. The van der Waals surface area contributed by atoms with Crippen molar-refractivity contribution in [3.05, 3.63) is 105 Å². The predicted octanol–water partition coefficient (Wildman–Crippen LogP) is 5.59. The summed E-state index contributed by atoms with van der Waals surface area (Å²) in [6.45, 7) is 12.0. The van der Waals surface area contributed by atoms with Crippen LogP contribution in [-0.2, 0) is 14.3 Å². The van der Waals surface area contributed by atoms with Gasteiger partial charge < -0.3 is 15.2 Å². The van der Waals surface area contributed by atoms with E-state index >= 15 is 0 Å². The number of rotatable bonds is 4. The van der Waals surface area contributed by atoms with E-state index < -0.39 is 0 Å². The minimum Gasteiger partial charge on any atom is -0.515 e. The molecular formula is C33H32N4O4. The van der Waals surface area contributed by atoms with Crippen molar-refractivity contribution in [2.75, 3.05) is 7.11 Å². The van der Waals surface area contributed by atoms with E-state index in [4.69, 9.17) is 19.7 Å². The number of Topliss-reactive ketones (excluding diaryl/α,β-unsaturated/α-hetero) is 1. The van der Waals surface area contributed by atoms with Crippen molar-refractivity contribution in [2.24, 2.45) is 26.8 Å². The molecule has 1 aliphatic carbocycles. The van der Waals surface area contributed by atoms with Crippen LogP contribution in [0.2, 0.25) is 0 Å². The smallest absolute Gasteiger partial charge is 0.305 e. The van der Waals surface area contributed by atoms with Gasteiger partial charge in [0.05, 0.1) is 47.6 Å². The first kappa shape index (κ1) is 26.6. The zero-order valence-electron chi connectivity index (χ0n) is 23.9. The lowest BCUT2D eigenvalue weighted by atomic mass is 9.86. The van der Waals surface area contributed by atoms with Gasteiger partial charge in [-0.1, -0.05) is 19.6 Å². The third kappa shape index (κ3) is 4.08. The van der Waals surface area contributed by atoms with Gasteiger partial charge in [-0.05, 0) is 62.1 Å². The van der Waals surface area contributed by atoms with Gasteiger partial charge in [-0.3, -0.25) is 9.59 Å². The average Bonchev–Trinajstić information content (AvgIpc) is 3.70. The second kappa shape index (κ2) is 9.80. The number of nitrogens with one attached hydrogen (secondary N) is 1. The van der Waals surface area contributed by atoms with Crippen LogP contribution in [0.3, 0.4) is 0 Å². The molecule has 41 heavy (non-hydrogen) atoms. The largest absolute Gasteiger partial charge is 0.515 e. The Balaban J connectivity index is 1.61. The Morgan fingerprint density at radius 3 is 2.54 bits per heavy atom. The summed E-state index contributed by atoms with van der Waals surface area (Å²) in [7, 11) is 1.39. The van der Waals surface area contributed by atoms with Crippen molar-refractivity contribution in [1.82, 2.24) is 5.32 Å². The number of allylic oxidation sites excluding steroid dienone is 13. The van der Waals surface area contributed by atoms with Gasteiger partial charge in [0.2, 0.25) is 0 Å². The minimum atomic E-state index is -0.272. The highest BCUT2D eigenvalue weighted by molar-refractivity contribution is 6.38. The Morgan fingerprint density at radius 2 is 1.83 bits per heavy atom. The third-order valence-electron chi connectivity index (χ3n) is 8.87. The molecule has 0 radical (unpaired) electrons. The van der Waals surface area contributed by atoms with E-state index in [-0.39, 0.29) is 36.4 Å². The molecule has 0 aromatic rings. The number of esters is 1. The molecule has 0 amide bonds. The molecule has 0 aromatic heterocycles. The molecule has 6 rings (SSSR count). The van der Waals surface area contributed by atoms with Crippen LogP contribution < -0.4 is 5.32 Å². The second-order valence-corrected chi connectivity index (χ2v) is 11.0. The first-order valence-corrected chi connectivity index (χ1v) is 13.8. The SMILES string of the molecule is C=CC1=C(C)C2=CC3=NC(=C(C)/C3=C\O)C=C3NC(=C4CC(=O)C5=C(C)C(=CC1=N2)N=C45)[C@@H](CCC(=O)OC)[C@@H]3C. The van der Waals surface area contributed by atoms with E-state index in [0.717, 1.165) is 56.9 Å². The second-order valence-electron chi connectivity index (χ2n) is 11.0. The number of hydrogen-bond donors (Lipinski definition) is 2. The topological polar surface area (TPSA) is 113 Å². The molecule has 8 heteroatoms. The highest BCUT2D eigenvalue weighted by Crippen LogP contribution is 2.45. The molecule has 6 aliphatic rings. The molecule has 208 valence electrons. The molecule has 8 bridgehead atoms. The van der Waals surface area contributed by atoms with E-state index in [0.29, 0.717) is 40.4 Å². The third-order valence-corrected chi connectivity index (χ3v) is 8.87. The van der Waals surface area contributed by atoms with Crippen LogP contribution in [0.25, 0.3) is 0 Å². The fourth-order valence-corrected chi connectivity index (χ4v) is 6.42. The summed E-state index contributed by atoms with van der Waals surface area (Å²) in [6, 6.07) is 0. The highest BCUT2D eigenvalue weighted by atomic mass is 16.5. The number of aliphatic imine (C=N–C) groups is 3. The molecule has 5 heterocycles. The molecule has 8 nitrogen and oxygen atoms in total. The lowest BCUT2D eigenvalue weighted by Crippen LogP contribution is -2.15. The van der Waals surface area contributed by atoms with Gasteiger partial charge in [0, 0.05) is 58.4 Å². The molecule has 5 aliphatic heterocycles. The number of nitrogens with zero attached hydrogens (tertiary/aromatic N) is 3. The molecule has 0 spiro atoms. The Hall–Kier alpha value is -4.59. The van der Waals surface area contributed by atoms with Gasteiger partial charge in [0.15, 0.2) is 5.78 Å². The maximum atomic E-state index is 13.4. The maximum absolute atomic E-state index is 13.4. The minimum absolute atomic E-state index is 0.0143. The average molecular weight is 549 g/mol. The number of ketones is 1. The summed E-state index contributed by atoms with van der Waals surface area (Å²) >= 11 is 0. The van der Waals surface area contributed by atoms with Crippen molar-refractivity contribution < 1.29 is 19.4 Å². The van der Waals surface area contributed by atoms with E-state index in [9.17, 15) is 14.7 Å². The molecule has 1 saturated heterocycles. The van der Waals surface area contributed by atoms with Crippen molar-refractivity contribution in [2.45, 2.75) is 47.0 Å². The number of fused-ring (bicyclic) bond motifs is 5. The fraction of sp³-hybridized carbons (Fsp3) is 0.303. The zero-order chi connectivity index (χ0) is 29.2. The molecule has 2 fully saturated rings. The summed E-state index contributed by atoms with van der Waals surface area (Å²) in [4.78, 5) is 40.3. The number of methoxy groups -OCH3 is 1. The van der Waals surface area contributed by atoms with Crippen LogP contribution in [0.15, 0.2) is 120 Å². The standard InChI is InChI=1S/C33H32N4O4/c1-7-19-15(2)24-12-28-22(14-38)17(4)23(35-28)11-25-16(3)20(8-9-30(40)41-6)32(36-25)21-10-29(39)31-18(5)26(37-33(21)31)13-27(19)34-24/h7,11-14,16,20,36,38H,1,8-10H2,2-6H3/b22-14+,24-12?,25-11?,26-13?,32-21?/t16-,20-/m0/s1. The summed E-state index contributed by atoms with van der Waals surface area (Å²) in [5.41, 5.74) is 11.7. The fourth-order valence-electron chi connectivity index (χ4n) is 6.42. The zero-order valence-corrected chi connectivity index (χ0v) is 23.9. The van der Waals surface area contributed by atoms with Gasteiger partial charge in [-0.25, -0.2) is 15.0 Å². The van der Waals surface area contributed by atoms with Crippen molar-refractivity contribution in [3.63, 3.8) is 0 Å². The van der Waals surface area contributed by atoms with Crippen LogP contribution in [0.4, 0.5) is 0 Å². The number of aliphatic hydroxyl groups excluding tert-OH is 1. The van der Waals surface area contributed by atoms with Gasteiger partial charge in [0.1, 0.15) is 0 Å². The Labute approximate surface area is 239 Å². The predicted molar refractivity (Wildman–Crippen MR) is 159 cm³/mol. The quantitative estimate of drug-likeness (QED) is 0.352. The molecule has 2 atom stereocenters. The molecule has 1 saturated carbocycles. The first-order valence-electron chi connectivity index (χ1n) is 13.8. The van der Waals surface area contributed by atoms with Crippen LogP contribution in [0.5, 0.6) is 0 Å². The van der Waals surface area contributed by atoms with Crippen LogP contribution in [0.1, 0.15) is 47.0 Å². The summed E-state index contributed by atoms with van der Waals surface area (Å²) in [5.74, 6) is -0.266. The van der Waals surface area contributed by atoms with Crippen molar-refractivity contribution >= 4 is 28.9 Å². The monoisotopic (exact) mass is 548 g/mol. The van der Waals surface area contributed by atoms with E-state index in [1.165, 1.54) is 7.11 Å². The van der Waals surface area contributed by atoms with E-state index in [2.05, 4.69) is 18.8 Å². The Bertz CT molecular complexity index is 1710. The van der Waals surface area contributed by atoms with Crippen molar-refractivity contribution in [1.29, 1.82) is 0 Å². The highest BCUT2D eigenvalue weighted by Gasteiger charge is 2.43. The van der Waals surface area contributed by atoms with E-state index in [1.807, 2.05) is 39.0 Å². The summed E-state index contributed by atoms with van der Waals surface area (Å²) < 4.78 is 4.93. The summed E-state index contributed by atoms with van der Waals surface area (Å²) in [5, 5.41) is 13.8. The maximum Gasteiger partial charge on any atom is 0.305 e. The molecule has 2 N–H and O–H groups in total. The number of ether oxygens (including phenoxy) is 1. The Kier molecular flexibility index (Phi) is 6.36. The van der Waals surface area contributed by atoms with Gasteiger partial charge in [-0.15, -0.1) is 0 Å². The van der Waals surface area contributed by atoms with Crippen LogP contribution in [-0.4, -0.2) is 41.1 Å². The van der Waals surface area contributed by atoms with Gasteiger partial charge >= 0.3 is 5.97 Å². The first-order chi connectivity index (χ1) is 19.7. The molecular weight excluding hydrogens is 516 g/mol. The molecule has 0 unspecified atom stereocenters. The summed E-state index contributed by atoms with van der Waals surface area (Å²) in [6.07, 6.45) is 9.73. The number of aliphatic hydroxyl groups is 1. The van der Waals surface area contributed by atoms with Gasteiger partial charge in [-0.2, -0.15) is 0 Å². The normalized spacial score (nSPS) is 25.9. The van der Waals surface area contributed by atoms with Crippen LogP contribution >= 0.6 is 0 Å². The lowest BCUT2D eigenvalue weighted by Gasteiger charge is -2.17. The Morgan fingerprint density at radius 1 is 1.10 bits per heavy atom. The van der Waals surface area contributed by atoms with Crippen LogP contribution in [0, 0.1) is 11.8 Å². The van der Waals surface area contributed by atoms with E-state index in [1.54, 1.807) is 6.08 Å². The number of carbonyl (C=O) groups excluding carboxylic acids is 2.